The molecule has 0 atom stereocenters. The second kappa shape index (κ2) is 8.75. The number of alkyl halides is 3. The summed E-state index contributed by atoms with van der Waals surface area (Å²) in [6.45, 7) is -1.54. The molecule has 0 radical (unpaired) electrons. The summed E-state index contributed by atoms with van der Waals surface area (Å²) in [5.41, 5.74) is 0.699. The summed E-state index contributed by atoms with van der Waals surface area (Å²) in [4.78, 5) is 12.7. The van der Waals surface area contributed by atoms with Gasteiger partial charge in [0.25, 0.3) is 11.8 Å². The molecule has 0 fully saturated rings. The largest absolute Gasteiger partial charge is 0.483 e. The number of ether oxygens (including phenoxy) is 1. The van der Waals surface area contributed by atoms with Crippen LogP contribution in [0.4, 0.5) is 18.9 Å². The van der Waals surface area contributed by atoms with E-state index in [9.17, 15) is 18.0 Å². The number of furan rings is 1. The third-order valence-electron chi connectivity index (χ3n) is 4.10. The molecule has 0 aliphatic carbocycles. The fourth-order valence-electron chi connectivity index (χ4n) is 2.73. The number of anilines is 1. The van der Waals surface area contributed by atoms with E-state index in [2.05, 4.69) is 15.5 Å². The van der Waals surface area contributed by atoms with E-state index >= 15 is 0 Å². The monoisotopic (exact) mass is 463 g/mol. The third-order valence-corrected chi connectivity index (χ3v) is 4.34. The van der Waals surface area contributed by atoms with Crippen LogP contribution in [0.2, 0.25) is 5.02 Å². The van der Waals surface area contributed by atoms with E-state index in [1.807, 2.05) is 0 Å². The molecule has 7 nitrogen and oxygen atoms in total. The molecule has 1 amide bonds. The van der Waals surface area contributed by atoms with Crippen LogP contribution < -0.4 is 10.1 Å². The van der Waals surface area contributed by atoms with Crippen molar-refractivity contribution in [3.63, 3.8) is 0 Å². The number of carbonyl (C=O) groups is 1. The minimum atomic E-state index is -4.56. The van der Waals surface area contributed by atoms with E-state index in [4.69, 9.17) is 25.2 Å². The smallest absolute Gasteiger partial charge is 0.422 e. The first kappa shape index (κ1) is 21.4. The molecule has 164 valence electrons. The van der Waals surface area contributed by atoms with E-state index in [-0.39, 0.29) is 28.1 Å². The first-order valence-corrected chi connectivity index (χ1v) is 9.44. The molecule has 0 unspecified atom stereocenters. The Bertz CT molecular complexity index is 1240. The third kappa shape index (κ3) is 5.09. The van der Waals surface area contributed by atoms with Crippen molar-refractivity contribution in [2.45, 2.75) is 6.18 Å². The highest BCUT2D eigenvalue weighted by Gasteiger charge is 2.29. The van der Waals surface area contributed by atoms with E-state index in [0.717, 1.165) is 0 Å². The summed E-state index contributed by atoms with van der Waals surface area (Å²) in [6.07, 6.45) is -3.09. The fourth-order valence-corrected chi connectivity index (χ4v) is 2.91. The van der Waals surface area contributed by atoms with E-state index < -0.39 is 18.7 Å². The van der Waals surface area contributed by atoms with Gasteiger partial charge in [-0.05, 0) is 48.5 Å². The predicted octanol–water partition coefficient (Wildman–Crippen LogP) is 5.84. The van der Waals surface area contributed by atoms with Crippen LogP contribution in [0, 0.1) is 0 Å². The van der Waals surface area contributed by atoms with Crippen LogP contribution in [0.15, 0.2) is 69.7 Å². The van der Waals surface area contributed by atoms with Gasteiger partial charge in [0.15, 0.2) is 12.4 Å². The maximum atomic E-state index is 12.7. The Hall–Kier alpha value is -3.79. The number of halogens is 4. The number of carbonyl (C=O) groups excluding carboxylic acids is 1. The van der Waals surface area contributed by atoms with Gasteiger partial charge in [-0.3, -0.25) is 4.79 Å². The van der Waals surface area contributed by atoms with Gasteiger partial charge in [-0.1, -0.05) is 17.7 Å². The Morgan fingerprint density at radius 1 is 1.06 bits per heavy atom. The summed E-state index contributed by atoms with van der Waals surface area (Å²) >= 11 is 5.91. The van der Waals surface area contributed by atoms with Crippen LogP contribution in [-0.2, 0) is 0 Å². The molecule has 2 heterocycles. The highest BCUT2D eigenvalue weighted by molar-refractivity contribution is 6.31. The molecule has 2 aromatic carbocycles. The molecule has 1 N–H and O–H groups in total. The summed E-state index contributed by atoms with van der Waals surface area (Å²) in [6, 6.07) is 13.6. The molecule has 2 aromatic heterocycles. The average Bonchev–Trinajstić information content (AvgIpc) is 3.44. The topological polar surface area (TPSA) is 90.4 Å². The van der Waals surface area contributed by atoms with Gasteiger partial charge in [0.1, 0.15) is 5.75 Å². The van der Waals surface area contributed by atoms with Crippen molar-refractivity contribution >= 4 is 23.2 Å². The SMILES string of the molecule is O=C(Nc1cccc(-c2nnc(-c3ccco3)o2)c1)c1cc(Cl)ccc1OCC(F)(F)F. The van der Waals surface area contributed by atoms with Crippen LogP contribution in [0.25, 0.3) is 23.1 Å². The van der Waals surface area contributed by atoms with Gasteiger partial charge < -0.3 is 18.9 Å². The van der Waals surface area contributed by atoms with Gasteiger partial charge in [-0.2, -0.15) is 13.2 Å². The summed E-state index contributed by atoms with van der Waals surface area (Å²) < 4.78 is 53.1. The molecular formula is C21H13ClF3N3O4. The van der Waals surface area contributed by atoms with Gasteiger partial charge >= 0.3 is 6.18 Å². The lowest BCUT2D eigenvalue weighted by molar-refractivity contribution is -0.153. The fraction of sp³-hybridized carbons (Fsp3) is 0.0952. The normalized spacial score (nSPS) is 11.4. The molecular weight excluding hydrogens is 451 g/mol. The molecule has 4 aromatic rings. The lowest BCUT2D eigenvalue weighted by atomic mass is 10.1. The average molecular weight is 464 g/mol. The van der Waals surface area contributed by atoms with Crippen molar-refractivity contribution in [1.29, 1.82) is 0 Å². The summed E-state index contributed by atoms with van der Waals surface area (Å²) in [5, 5.41) is 10.6. The Balaban J connectivity index is 1.54. The van der Waals surface area contributed by atoms with Crippen LogP contribution in [-0.4, -0.2) is 28.9 Å². The molecule has 4 rings (SSSR count). The Morgan fingerprint density at radius 3 is 2.62 bits per heavy atom. The molecule has 0 saturated heterocycles. The van der Waals surface area contributed by atoms with Gasteiger partial charge in [0.2, 0.25) is 5.89 Å². The Morgan fingerprint density at radius 2 is 1.88 bits per heavy atom. The van der Waals surface area contributed by atoms with Crippen molar-refractivity contribution in [2.24, 2.45) is 0 Å². The molecule has 0 bridgehead atoms. The van der Waals surface area contributed by atoms with Crippen LogP contribution in [0.3, 0.4) is 0 Å². The zero-order valence-electron chi connectivity index (χ0n) is 16.0. The minimum Gasteiger partial charge on any atom is -0.483 e. The lowest BCUT2D eigenvalue weighted by Gasteiger charge is -2.14. The van der Waals surface area contributed by atoms with Crippen molar-refractivity contribution in [3.8, 4) is 28.9 Å². The number of benzene rings is 2. The molecule has 0 saturated carbocycles. The van der Waals surface area contributed by atoms with Crippen molar-refractivity contribution in [3.05, 3.63) is 71.4 Å². The second-order valence-corrected chi connectivity index (χ2v) is 6.91. The van der Waals surface area contributed by atoms with Gasteiger partial charge in [-0.15, -0.1) is 10.2 Å². The Labute approximate surface area is 183 Å². The standard InChI is InChI=1S/C21H13ClF3N3O4/c22-13-6-7-16(31-11-21(23,24)25)15(10-13)18(29)26-14-4-1-3-12(9-14)19-27-28-20(32-19)17-5-2-8-30-17/h1-10H,11H2,(H,26,29). The summed E-state index contributed by atoms with van der Waals surface area (Å²) in [7, 11) is 0. The zero-order valence-corrected chi connectivity index (χ0v) is 16.8. The van der Waals surface area contributed by atoms with Crippen LogP contribution in [0.5, 0.6) is 5.75 Å². The quantitative estimate of drug-likeness (QED) is 0.386. The highest BCUT2D eigenvalue weighted by Crippen LogP contribution is 2.28. The number of nitrogens with one attached hydrogen (secondary N) is 1. The van der Waals surface area contributed by atoms with Gasteiger partial charge in [0, 0.05) is 16.3 Å². The van der Waals surface area contributed by atoms with Crippen molar-refractivity contribution in [1.82, 2.24) is 10.2 Å². The lowest BCUT2D eigenvalue weighted by Crippen LogP contribution is -2.21. The first-order chi connectivity index (χ1) is 15.3. The number of aromatic nitrogens is 2. The number of hydrogen-bond acceptors (Lipinski definition) is 6. The van der Waals surface area contributed by atoms with Gasteiger partial charge in [0.05, 0.1) is 11.8 Å². The molecule has 11 heteroatoms. The van der Waals surface area contributed by atoms with Crippen LogP contribution in [0.1, 0.15) is 10.4 Å². The predicted molar refractivity (Wildman–Crippen MR) is 108 cm³/mol. The van der Waals surface area contributed by atoms with Crippen LogP contribution >= 0.6 is 11.6 Å². The minimum absolute atomic E-state index is 0.148. The van der Waals surface area contributed by atoms with Crippen molar-refractivity contribution < 1.29 is 31.5 Å². The number of hydrogen-bond donors (Lipinski definition) is 1. The molecule has 0 aliphatic heterocycles. The maximum Gasteiger partial charge on any atom is 0.422 e. The van der Waals surface area contributed by atoms with E-state index in [0.29, 0.717) is 17.0 Å². The number of amides is 1. The Kier molecular flexibility index (Phi) is 5.87. The molecule has 0 spiro atoms. The molecule has 0 aliphatic rings. The number of nitrogens with zero attached hydrogens (tertiary/aromatic N) is 2. The van der Waals surface area contributed by atoms with Crippen molar-refractivity contribution in [2.75, 3.05) is 11.9 Å². The maximum absolute atomic E-state index is 12.7. The van der Waals surface area contributed by atoms with E-state index in [1.165, 1.54) is 24.5 Å². The number of rotatable bonds is 6. The highest BCUT2D eigenvalue weighted by atomic mass is 35.5. The van der Waals surface area contributed by atoms with Gasteiger partial charge in [-0.25, -0.2) is 0 Å². The zero-order chi connectivity index (χ0) is 22.7. The summed E-state index contributed by atoms with van der Waals surface area (Å²) in [5.74, 6) is -0.182. The molecule has 32 heavy (non-hydrogen) atoms. The van der Waals surface area contributed by atoms with E-state index in [1.54, 1.807) is 36.4 Å². The first-order valence-electron chi connectivity index (χ1n) is 9.07. The second-order valence-electron chi connectivity index (χ2n) is 6.47.